The molecule has 1 rings (SSSR count). The van der Waals surface area contributed by atoms with E-state index in [1.165, 1.54) is 0 Å². The minimum absolute atomic E-state index is 0.0227. The van der Waals surface area contributed by atoms with E-state index in [1.54, 1.807) is 6.20 Å². The molecule has 3 heteroatoms. The summed E-state index contributed by atoms with van der Waals surface area (Å²) in [5.41, 5.74) is 6.74. The van der Waals surface area contributed by atoms with Crippen LogP contribution in [0.3, 0.4) is 0 Å². The lowest BCUT2D eigenvalue weighted by Crippen LogP contribution is -2.18. The Morgan fingerprint density at radius 1 is 1.64 bits per heavy atom. The van der Waals surface area contributed by atoms with Crippen LogP contribution >= 0.6 is 0 Å². The molecule has 0 aliphatic carbocycles. The molecule has 0 saturated heterocycles. The van der Waals surface area contributed by atoms with Crippen LogP contribution in [0, 0.1) is 12.3 Å². The van der Waals surface area contributed by atoms with Gasteiger partial charge in [0, 0.05) is 19.3 Å². The SMILES string of the molecule is C#CCN(C)c1ccc([C@@H](C)N)cn1. The van der Waals surface area contributed by atoms with Crippen LogP contribution in [0.1, 0.15) is 18.5 Å². The van der Waals surface area contributed by atoms with E-state index >= 15 is 0 Å². The van der Waals surface area contributed by atoms with Gasteiger partial charge >= 0.3 is 0 Å². The fourth-order valence-corrected chi connectivity index (χ4v) is 1.11. The highest BCUT2D eigenvalue weighted by atomic mass is 15.1. The maximum atomic E-state index is 5.71. The first-order valence-electron chi connectivity index (χ1n) is 4.51. The van der Waals surface area contributed by atoms with Gasteiger partial charge in [0.2, 0.25) is 0 Å². The predicted molar refractivity (Wildman–Crippen MR) is 58.9 cm³/mol. The fraction of sp³-hybridized carbons (Fsp3) is 0.364. The molecule has 0 saturated carbocycles. The molecule has 0 aliphatic heterocycles. The maximum absolute atomic E-state index is 5.71. The third kappa shape index (κ3) is 2.48. The molecule has 2 N–H and O–H groups in total. The van der Waals surface area contributed by atoms with Crippen LogP contribution < -0.4 is 10.6 Å². The molecule has 0 aliphatic rings. The molecule has 0 bridgehead atoms. The van der Waals surface area contributed by atoms with Crippen molar-refractivity contribution in [1.82, 2.24) is 4.98 Å². The van der Waals surface area contributed by atoms with Crippen LogP contribution in [-0.4, -0.2) is 18.6 Å². The van der Waals surface area contributed by atoms with Gasteiger partial charge in [-0.3, -0.25) is 0 Å². The second kappa shape index (κ2) is 4.64. The van der Waals surface area contributed by atoms with Crippen molar-refractivity contribution in [2.45, 2.75) is 13.0 Å². The Morgan fingerprint density at radius 2 is 2.36 bits per heavy atom. The highest BCUT2D eigenvalue weighted by Gasteiger charge is 2.02. The Morgan fingerprint density at radius 3 is 2.79 bits per heavy atom. The van der Waals surface area contributed by atoms with Crippen LogP contribution in [0.15, 0.2) is 18.3 Å². The smallest absolute Gasteiger partial charge is 0.129 e. The molecule has 0 radical (unpaired) electrons. The van der Waals surface area contributed by atoms with E-state index in [2.05, 4.69) is 10.9 Å². The standard InChI is InChI=1S/C11H15N3/c1-4-7-14(3)11-6-5-10(8-13-11)9(2)12/h1,5-6,8-9H,7,12H2,2-3H3/t9-/m1/s1. The van der Waals surface area contributed by atoms with E-state index in [1.807, 2.05) is 31.0 Å². The molecule has 1 aromatic heterocycles. The van der Waals surface area contributed by atoms with E-state index in [9.17, 15) is 0 Å². The minimum Gasteiger partial charge on any atom is -0.349 e. The number of nitrogens with zero attached hydrogens (tertiary/aromatic N) is 2. The Kier molecular flexibility index (Phi) is 3.49. The van der Waals surface area contributed by atoms with E-state index in [-0.39, 0.29) is 6.04 Å². The van der Waals surface area contributed by atoms with Crippen LogP contribution in [0.5, 0.6) is 0 Å². The summed E-state index contributed by atoms with van der Waals surface area (Å²) in [4.78, 5) is 6.18. The average Bonchev–Trinajstić information content (AvgIpc) is 2.18. The van der Waals surface area contributed by atoms with Crippen LogP contribution in [0.4, 0.5) is 5.82 Å². The molecule has 3 nitrogen and oxygen atoms in total. The molecule has 0 amide bonds. The van der Waals surface area contributed by atoms with Gasteiger partial charge in [0.05, 0.1) is 6.54 Å². The normalized spacial score (nSPS) is 11.9. The van der Waals surface area contributed by atoms with Gasteiger partial charge in [-0.25, -0.2) is 4.98 Å². The summed E-state index contributed by atoms with van der Waals surface area (Å²) in [5, 5.41) is 0. The van der Waals surface area contributed by atoms with Gasteiger partial charge in [-0.2, -0.15) is 0 Å². The quantitative estimate of drug-likeness (QED) is 0.726. The topological polar surface area (TPSA) is 42.1 Å². The Hall–Kier alpha value is -1.53. The monoisotopic (exact) mass is 189 g/mol. The van der Waals surface area contributed by atoms with Crippen molar-refractivity contribution >= 4 is 5.82 Å². The van der Waals surface area contributed by atoms with Crippen molar-refractivity contribution in [2.24, 2.45) is 5.73 Å². The summed E-state index contributed by atoms with van der Waals surface area (Å²) in [5.74, 6) is 3.43. The van der Waals surface area contributed by atoms with Gasteiger partial charge in [0.25, 0.3) is 0 Å². The van der Waals surface area contributed by atoms with Crippen LogP contribution in [-0.2, 0) is 0 Å². The molecule has 0 unspecified atom stereocenters. The molecule has 0 spiro atoms. The summed E-state index contributed by atoms with van der Waals surface area (Å²) < 4.78 is 0. The lowest BCUT2D eigenvalue weighted by molar-refractivity contribution is 0.810. The second-order valence-electron chi connectivity index (χ2n) is 3.30. The van der Waals surface area contributed by atoms with E-state index < -0.39 is 0 Å². The summed E-state index contributed by atoms with van der Waals surface area (Å²) in [6.45, 7) is 2.49. The molecule has 14 heavy (non-hydrogen) atoms. The van der Waals surface area contributed by atoms with Crippen molar-refractivity contribution in [1.29, 1.82) is 0 Å². The zero-order valence-corrected chi connectivity index (χ0v) is 8.57. The largest absolute Gasteiger partial charge is 0.349 e. The first-order valence-corrected chi connectivity index (χ1v) is 4.51. The lowest BCUT2D eigenvalue weighted by Gasteiger charge is -2.15. The Bertz CT molecular complexity index is 321. The van der Waals surface area contributed by atoms with Crippen molar-refractivity contribution in [3.8, 4) is 12.3 Å². The van der Waals surface area contributed by atoms with Crippen molar-refractivity contribution in [2.75, 3.05) is 18.5 Å². The van der Waals surface area contributed by atoms with Crippen LogP contribution in [0.2, 0.25) is 0 Å². The van der Waals surface area contributed by atoms with E-state index in [4.69, 9.17) is 12.2 Å². The highest BCUT2D eigenvalue weighted by molar-refractivity contribution is 5.40. The second-order valence-corrected chi connectivity index (χ2v) is 3.30. The van der Waals surface area contributed by atoms with Gasteiger partial charge in [-0.15, -0.1) is 6.42 Å². The Balaban J connectivity index is 2.78. The molecule has 74 valence electrons. The number of hydrogen-bond donors (Lipinski definition) is 1. The summed E-state index contributed by atoms with van der Waals surface area (Å²) >= 11 is 0. The number of anilines is 1. The average molecular weight is 189 g/mol. The number of hydrogen-bond acceptors (Lipinski definition) is 3. The minimum atomic E-state index is 0.0227. The van der Waals surface area contributed by atoms with Crippen LogP contribution in [0.25, 0.3) is 0 Å². The van der Waals surface area contributed by atoms with Gasteiger partial charge < -0.3 is 10.6 Å². The Labute approximate surface area is 84.9 Å². The first kappa shape index (κ1) is 10.6. The van der Waals surface area contributed by atoms with E-state index in [0.29, 0.717) is 6.54 Å². The maximum Gasteiger partial charge on any atom is 0.129 e. The summed E-state index contributed by atoms with van der Waals surface area (Å²) in [7, 11) is 1.91. The van der Waals surface area contributed by atoms with Gasteiger partial charge in [-0.05, 0) is 18.6 Å². The van der Waals surface area contributed by atoms with Gasteiger partial charge in [-0.1, -0.05) is 12.0 Å². The van der Waals surface area contributed by atoms with E-state index in [0.717, 1.165) is 11.4 Å². The highest BCUT2D eigenvalue weighted by Crippen LogP contribution is 2.12. The molecule has 1 heterocycles. The predicted octanol–water partition coefficient (Wildman–Crippen LogP) is 1.17. The van der Waals surface area contributed by atoms with Crippen molar-refractivity contribution < 1.29 is 0 Å². The number of rotatable bonds is 3. The number of pyridine rings is 1. The third-order valence-corrected chi connectivity index (χ3v) is 2.02. The van der Waals surface area contributed by atoms with Gasteiger partial charge in [0.1, 0.15) is 5.82 Å². The lowest BCUT2D eigenvalue weighted by atomic mass is 10.1. The molecule has 0 aromatic carbocycles. The fourth-order valence-electron chi connectivity index (χ4n) is 1.11. The summed E-state index contributed by atoms with van der Waals surface area (Å²) in [6, 6.07) is 3.92. The van der Waals surface area contributed by atoms with Crippen molar-refractivity contribution in [3.05, 3.63) is 23.9 Å². The molecular weight excluding hydrogens is 174 g/mol. The summed E-state index contributed by atoms with van der Waals surface area (Å²) in [6.07, 6.45) is 6.99. The first-order chi connectivity index (χ1) is 6.65. The molecule has 1 aromatic rings. The molecular formula is C11H15N3. The molecule has 1 atom stereocenters. The van der Waals surface area contributed by atoms with Gasteiger partial charge in [0.15, 0.2) is 0 Å². The molecule has 0 fully saturated rings. The number of aromatic nitrogens is 1. The zero-order chi connectivity index (χ0) is 10.6. The third-order valence-electron chi connectivity index (χ3n) is 2.02. The number of nitrogens with two attached hydrogens (primary N) is 1. The van der Waals surface area contributed by atoms with Crippen molar-refractivity contribution in [3.63, 3.8) is 0 Å². The number of terminal acetylenes is 1. The zero-order valence-electron chi connectivity index (χ0n) is 8.57.